The summed E-state index contributed by atoms with van der Waals surface area (Å²) in [6.45, 7) is 3.97. The summed E-state index contributed by atoms with van der Waals surface area (Å²) in [6, 6.07) is 7.06. The number of nitrogens with zero attached hydrogens (tertiary/aromatic N) is 2. The van der Waals surface area contributed by atoms with Gasteiger partial charge < -0.3 is 15.0 Å². The monoisotopic (exact) mass is 419 g/mol. The Morgan fingerprint density at radius 1 is 1.39 bits per heavy atom. The molecule has 0 saturated heterocycles. The Morgan fingerprint density at radius 3 is 2.96 bits per heavy atom. The van der Waals surface area contributed by atoms with E-state index in [0.29, 0.717) is 23.7 Å². The minimum Gasteiger partial charge on any atom is -0.466 e. The lowest BCUT2D eigenvalue weighted by Gasteiger charge is -2.27. The van der Waals surface area contributed by atoms with Crippen LogP contribution in [0, 0.1) is 0 Å². The molecule has 0 aliphatic carbocycles. The molecule has 1 N–H and O–H groups in total. The van der Waals surface area contributed by atoms with Gasteiger partial charge in [-0.3, -0.25) is 14.4 Å². The maximum absolute atomic E-state index is 12.9. The number of thiazole rings is 1. The second kappa shape index (κ2) is 9.20. The van der Waals surface area contributed by atoms with Crippen LogP contribution in [-0.4, -0.2) is 41.2 Å². The van der Waals surface area contributed by atoms with E-state index in [-0.39, 0.29) is 42.4 Å². The molecule has 0 spiro atoms. The second-order valence-electron chi connectivity index (χ2n) is 6.26. The topological polar surface area (TPSA) is 88.6 Å². The van der Waals surface area contributed by atoms with E-state index in [2.05, 4.69) is 10.3 Å². The van der Waals surface area contributed by atoms with E-state index < -0.39 is 0 Å². The second-order valence-corrected chi connectivity index (χ2v) is 8.34. The summed E-state index contributed by atoms with van der Waals surface area (Å²) in [5.41, 5.74) is 1.98. The van der Waals surface area contributed by atoms with Gasteiger partial charge in [0.2, 0.25) is 11.8 Å². The molecule has 0 radical (unpaired) electrons. The fourth-order valence-corrected chi connectivity index (χ4v) is 4.66. The van der Waals surface area contributed by atoms with Crippen LogP contribution in [0.1, 0.15) is 26.0 Å². The quantitative estimate of drug-likeness (QED) is 0.572. The summed E-state index contributed by atoms with van der Waals surface area (Å²) in [5, 5.41) is 4.65. The highest BCUT2D eigenvalue weighted by Crippen LogP contribution is 2.32. The minimum absolute atomic E-state index is 0.0939. The van der Waals surface area contributed by atoms with Gasteiger partial charge >= 0.3 is 5.97 Å². The van der Waals surface area contributed by atoms with Crippen LogP contribution in [0.25, 0.3) is 0 Å². The number of para-hydroxylation sites is 2. The summed E-state index contributed by atoms with van der Waals surface area (Å²) < 4.78 is 5.64. The summed E-state index contributed by atoms with van der Waals surface area (Å²) >= 11 is 2.72. The first kappa shape index (κ1) is 20.3. The average Bonchev–Trinajstić information content (AvgIpc) is 3.03. The largest absolute Gasteiger partial charge is 0.466 e. The van der Waals surface area contributed by atoms with Gasteiger partial charge in [-0.2, -0.15) is 0 Å². The molecule has 2 amide bonds. The molecule has 1 aromatic heterocycles. The molecule has 28 heavy (non-hydrogen) atoms. The van der Waals surface area contributed by atoms with Crippen molar-refractivity contribution in [1.29, 1.82) is 0 Å². The summed E-state index contributed by atoms with van der Waals surface area (Å²) in [5.74, 6) is -0.318. The molecule has 1 aliphatic rings. The number of amides is 2. The number of carbonyl (C=O) groups excluding carboxylic acids is 3. The van der Waals surface area contributed by atoms with Crippen LogP contribution in [0.3, 0.4) is 0 Å². The first-order valence-corrected chi connectivity index (χ1v) is 10.8. The van der Waals surface area contributed by atoms with Gasteiger partial charge in [0.15, 0.2) is 4.34 Å². The fraction of sp³-hybridized carbons (Fsp3) is 0.368. The lowest BCUT2D eigenvalue weighted by atomic mass is 10.2. The van der Waals surface area contributed by atoms with Gasteiger partial charge in [0.05, 0.1) is 35.8 Å². The number of esters is 1. The van der Waals surface area contributed by atoms with Crippen molar-refractivity contribution in [3.8, 4) is 0 Å². The normalized spacial score (nSPS) is 16.1. The third-order valence-corrected chi connectivity index (χ3v) is 6.16. The zero-order valence-electron chi connectivity index (χ0n) is 15.6. The van der Waals surface area contributed by atoms with Crippen LogP contribution in [0.5, 0.6) is 0 Å². The van der Waals surface area contributed by atoms with Gasteiger partial charge in [-0.15, -0.1) is 11.3 Å². The molecule has 9 heteroatoms. The van der Waals surface area contributed by atoms with Gasteiger partial charge in [0, 0.05) is 17.8 Å². The van der Waals surface area contributed by atoms with Crippen molar-refractivity contribution in [2.45, 2.75) is 37.1 Å². The molecular weight excluding hydrogens is 398 g/mol. The van der Waals surface area contributed by atoms with Crippen LogP contribution in [0.15, 0.2) is 34.0 Å². The van der Waals surface area contributed by atoms with Crippen molar-refractivity contribution in [2.75, 3.05) is 22.6 Å². The van der Waals surface area contributed by atoms with Crippen molar-refractivity contribution in [3.05, 3.63) is 35.3 Å². The molecule has 0 unspecified atom stereocenters. The maximum atomic E-state index is 12.9. The predicted molar refractivity (Wildman–Crippen MR) is 110 cm³/mol. The first-order chi connectivity index (χ1) is 13.5. The number of aromatic nitrogens is 1. The Bertz CT molecular complexity index is 884. The average molecular weight is 420 g/mol. The molecule has 3 rings (SSSR count). The van der Waals surface area contributed by atoms with Crippen LogP contribution in [-0.2, 0) is 25.5 Å². The van der Waals surface area contributed by atoms with E-state index in [1.54, 1.807) is 23.3 Å². The number of benzene rings is 1. The summed E-state index contributed by atoms with van der Waals surface area (Å²) in [4.78, 5) is 42.6. The van der Waals surface area contributed by atoms with Crippen molar-refractivity contribution in [2.24, 2.45) is 0 Å². The fourth-order valence-electron chi connectivity index (χ4n) is 2.96. The Kier molecular flexibility index (Phi) is 6.69. The predicted octanol–water partition coefficient (Wildman–Crippen LogP) is 3.10. The molecule has 1 aliphatic heterocycles. The molecular formula is C19H21N3O4S2. The highest BCUT2D eigenvalue weighted by molar-refractivity contribution is 8.01. The van der Waals surface area contributed by atoms with E-state index in [4.69, 9.17) is 4.74 Å². The van der Waals surface area contributed by atoms with Gasteiger partial charge in [-0.1, -0.05) is 23.9 Å². The summed E-state index contributed by atoms with van der Waals surface area (Å²) in [6.07, 6.45) is 0.370. The molecule has 0 bridgehead atoms. The number of fused-ring (bicyclic) bond motifs is 1. The van der Waals surface area contributed by atoms with Crippen LogP contribution in [0.4, 0.5) is 11.4 Å². The number of anilines is 2. The van der Waals surface area contributed by atoms with E-state index in [0.717, 1.165) is 4.34 Å². The number of thioether (sulfide) groups is 1. The lowest BCUT2D eigenvalue weighted by molar-refractivity contribution is -0.142. The van der Waals surface area contributed by atoms with E-state index in [1.807, 2.05) is 25.1 Å². The molecule has 7 nitrogen and oxygen atoms in total. The van der Waals surface area contributed by atoms with Crippen molar-refractivity contribution in [1.82, 2.24) is 4.98 Å². The Labute approximate surface area is 171 Å². The number of hydrogen-bond donors (Lipinski definition) is 1. The molecule has 2 aromatic rings. The van der Waals surface area contributed by atoms with Gasteiger partial charge in [0.1, 0.15) is 0 Å². The number of carbonyl (C=O) groups is 3. The number of rotatable bonds is 6. The molecule has 0 saturated carbocycles. The molecule has 1 aromatic carbocycles. The number of nitrogens with one attached hydrogen (secondary N) is 1. The van der Waals surface area contributed by atoms with Gasteiger partial charge in [-0.05, 0) is 26.0 Å². The van der Waals surface area contributed by atoms with Crippen LogP contribution < -0.4 is 10.2 Å². The highest BCUT2D eigenvalue weighted by atomic mass is 32.2. The standard InChI is InChI=1S/C19H21N3O4S2/c1-3-26-18(25)9-13-10-27-19(20-13)28-11-17(24)22-12(2)8-16(23)21-14-6-4-5-7-15(14)22/h4-7,10,12H,3,8-9,11H2,1-2H3,(H,21,23)/t12-/m0/s1. The van der Waals surface area contributed by atoms with Crippen LogP contribution >= 0.6 is 23.1 Å². The van der Waals surface area contributed by atoms with Gasteiger partial charge in [0.25, 0.3) is 0 Å². The maximum Gasteiger partial charge on any atom is 0.311 e. The first-order valence-electron chi connectivity index (χ1n) is 8.91. The Hall–Kier alpha value is -2.39. The third-order valence-electron chi connectivity index (χ3n) is 4.11. The molecule has 0 fully saturated rings. The van der Waals surface area contributed by atoms with Crippen molar-refractivity contribution >= 4 is 52.3 Å². The zero-order chi connectivity index (χ0) is 20.1. The smallest absolute Gasteiger partial charge is 0.311 e. The lowest BCUT2D eigenvalue weighted by Crippen LogP contribution is -2.40. The molecule has 2 heterocycles. The van der Waals surface area contributed by atoms with E-state index in [1.165, 1.54) is 23.1 Å². The Balaban J connectivity index is 1.67. The summed E-state index contributed by atoms with van der Waals surface area (Å²) in [7, 11) is 0. The molecule has 1 atom stereocenters. The van der Waals surface area contributed by atoms with E-state index >= 15 is 0 Å². The highest BCUT2D eigenvalue weighted by Gasteiger charge is 2.29. The number of ether oxygens (including phenoxy) is 1. The number of hydrogen-bond acceptors (Lipinski definition) is 7. The minimum atomic E-state index is -0.312. The molecule has 148 valence electrons. The van der Waals surface area contributed by atoms with Gasteiger partial charge in [-0.25, -0.2) is 4.98 Å². The third kappa shape index (κ3) is 4.90. The van der Waals surface area contributed by atoms with Crippen molar-refractivity contribution < 1.29 is 19.1 Å². The Morgan fingerprint density at radius 2 is 2.18 bits per heavy atom. The van der Waals surface area contributed by atoms with E-state index in [9.17, 15) is 14.4 Å². The SMILES string of the molecule is CCOC(=O)Cc1csc(SCC(=O)N2c3ccccc3NC(=O)C[C@@H]2C)n1. The van der Waals surface area contributed by atoms with Crippen molar-refractivity contribution in [3.63, 3.8) is 0 Å². The van der Waals surface area contributed by atoms with Crippen LogP contribution in [0.2, 0.25) is 0 Å². The zero-order valence-corrected chi connectivity index (χ0v) is 17.3.